The van der Waals surface area contributed by atoms with Gasteiger partial charge in [-0.2, -0.15) is 0 Å². The molecule has 0 saturated heterocycles. The molecule has 5 heteroatoms. The molecule has 0 fully saturated rings. The number of rotatable bonds is 7. The molecular weight excluding hydrogens is 360 g/mol. The van der Waals surface area contributed by atoms with Gasteiger partial charge in [0.25, 0.3) is 0 Å². The van der Waals surface area contributed by atoms with Crippen LogP contribution in [0.1, 0.15) is 26.0 Å². The van der Waals surface area contributed by atoms with Gasteiger partial charge in [0.15, 0.2) is 4.67 Å². The summed E-state index contributed by atoms with van der Waals surface area (Å²) < 4.78 is 7.25. The predicted octanol–water partition coefficient (Wildman–Crippen LogP) is 3.87. The van der Waals surface area contributed by atoms with E-state index in [2.05, 4.69) is 70.0 Å². The van der Waals surface area contributed by atoms with E-state index < -0.39 is 0 Å². The van der Waals surface area contributed by atoms with Crippen LogP contribution in [0.3, 0.4) is 0 Å². The molecule has 0 aliphatic carbocycles. The number of halogens is 2. The van der Waals surface area contributed by atoms with Gasteiger partial charge in [-0.25, -0.2) is 0 Å². The molecule has 1 heterocycles. The monoisotopic (exact) mass is 380 g/mol. The van der Waals surface area contributed by atoms with Crippen molar-refractivity contribution in [3.63, 3.8) is 0 Å². The summed E-state index contributed by atoms with van der Waals surface area (Å²) in [5.41, 5.74) is 0. The number of nitrogens with zero attached hydrogens (tertiary/aromatic N) is 1. The molecular formula is C13H22Br2N2O. The Balaban J connectivity index is 2.38. The first-order valence-corrected chi connectivity index (χ1v) is 7.79. The highest BCUT2D eigenvalue weighted by Crippen LogP contribution is 2.26. The normalized spacial score (nSPS) is 13.6. The Morgan fingerprint density at radius 1 is 1.33 bits per heavy atom. The van der Waals surface area contributed by atoms with Crippen LogP contribution in [0, 0.1) is 5.92 Å². The Kier molecular flexibility index (Phi) is 6.92. The summed E-state index contributed by atoms with van der Waals surface area (Å²) in [6.07, 6.45) is 1.20. The van der Waals surface area contributed by atoms with Crippen LogP contribution in [0.25, 0.3) is 0 Å². The summed E-state index contributed by atoms with van der Waals surface area (Å²) >= 11 is 6.76. The maximum absolute atomic E-state index is 5.53. The van der Waals surface area contributed by atoms with E-state index in [0.29, 0.717) is 12.0 Å². The molecule has 0 saturated carbocycles. The van der Waals surface area contributed by atoms with Crippen molar-refractivity contribution in [3.8, 4) is 0 Å². The van der Waals surface area contributed by atoms with E-state index in [4.69, 9.17) is 4.42 Å². The third kappa shape index (κ3) is 5.43. The second kappa shape index (κ2) is 7.68. The summed E-state index contributed by atoms with van der Waals surface area (Å²) in [6, 6.07) is 2.55. The molecule has 1 atom stereocenters. The number of hydrogen-bond donors (Lipinski definition) is 1. The number of hydrogen-bond acceptors (Lipinski definition) is 3. The second-order valence-electron chi connectivity index (χ2n) is 5.21. The third-order valence-electron chi connectivity index (χ3n) is 2.85. The van der Waals surface area contributed by atoms with Crippen LogP contribution in [0.2, 0.25) is 0 Å². The maximum Gasteiger partial charge on any atom is 0.183 e. The summed E-state index contributed by atoms with van der Waals surface area (Å²) in [5, 5.41) is 3.45. The predicted molar refractivity (Wildman–Crippen MR) is 82.7 cm³/mol. The molecule has 0 spiro atoms. The van der Waals surface area contributed by atoms with Crippen molar-refractivity contribution >= 4 is 31.9 Å². The van der Waals surface area contributed by atoms with Gasteiger partial charge in [-0.1, -0.05) is 13.8 Å². The van der Waals surface area contributed by atoms with Gasteiger partial charge in [-0.05, 0) is 64.4 Å². The van der Waals surface area contributed by atoms with Crippen LogP contribution in [0.15, 0.2) is 19.6 Å². The molecule has 3 nitrogen and oxygen atoms in total. The smallest absolute Gasteiger partial charge is 0.183 e. The van der Waals surface area contributed by atoms with Crippen molar-refractivity contribution < 1.29 is 4.42 Å². The summed E-state index contributed by atoms with van der Waals surface area (Å²) in [5.74, 6) is 1.65. The minimum atomic E-state index is 0.562. The molecule has 0 aromatic carbocycles. The summed E-state index contributed by atoms with van der Waals surface area (Å²) in [4.78, 5) is 2.28. The first kappa shape index (κ1) is 16.2. The number of furan rings is 1. The van der Waals surface area contributed by atoms with E-state index in [1.807, 2.05) is 6.07 Å². The lowest BCUT2D eigenvalue weighted by molar-refractivity contribution is 0.245. The second-order valence-corrected chi connectivity index (χ2v) is 6.79. The quantitative estimate of drug-likeness (QED) is 0.776. The number of nitrogens with one attached hydrogen (secondary N) is 1. The van der Waals surface area contributed by atoms with E-state index in [1.54, 1.807) is 0 Å². The first-order valence-electron chi connectivity index (χ1n) is 6.21. The van der Waals surface area contributed by atoms with E-state index in [0.717, 1.165) is 28.0 Å². The van der Waals surface area contributed by atoms with Crippen LogP contribution >= 0.6 is 31.9 Å². The molecule has 1 aromatic heterocycles. The van der Waals surface area contributed by atoms with Gasteiger partial charge in [0, 0.05) is 12.6 Å². The van der Waals surface area contributed by atoms with Crippen molar-refractivity contribution in [1.29, 1.82) is 0 Å². The van der Waals surface area contributed by atoms with Crippen LogP contribution in [-0.4, -0.2) is 31.6 Å². The lowest BCUT2D eigenvalue weighted by atomic mass is 10.0. The molecule has 1 aromatic rings. The fraction of sp³-hybridized carbons (Fsp3) is 0.692. The maximum atomic E-state index is 5.53. The van der Waals surface area contributed by atoms with Crippen molar-refractivity contribution in [2.45, 2.75) is 32.9 Å². The lowest BCUT2D eigenvalue weighted by Crippen LogP contribution is -2.38. The van der Waals surface area contributed by atoms with Gasteiger partial charge < -0.3 is 14.6 Å². The first-order chi connectivity index (χ1) is 8.40. The molecule has 1 rings (SSSR count). The van der Waals surface area contributed by atoms with Crippen molar-refractivity contribution in [2.75, 3.05) is 20.6 Å². The zero-order valence-electron chi connectivity index (χ0n) is 11.5. The van der Waals surface area contributed by atoms with Gasteiger partial charge >= 0.3 is 0 Å². The molecule has 1 unspecified atom stereocenters. The highest BCUT2D eigenvalue weighted by molar-refractivity contribution is 9.13. The Bertz CT molecular complexity index is 344. The zero-order chi connectivity index (χ0) is 13.7. The molecule has 1 N–H and O–H groups in total. The standard InChI is InChI=1S/C13H22Br2N2O/c1-9(2)5-10(17(3)4)7-16-8-11-6-12(14)13(15)18-11/h6,9-10,16H,5,7-8H2,1-4H3. The van der Waals surface area contributed by atoms with Gasteiger partial charge in [0.1, 0.15) is 5.76 Å². The Labute approximate surface area is 127 Å². The van der Waals surface area contributed by atoms with Crippen LogP contribution in [0.4, 0.5) is 0 Å². The van der Waals surface area contributed by atoms with E-state index in [-0.39, 0.29) is 0 Å². The Hall–Kier alpha value is 0.160. The number of likely N-dealkylation sites (N-methyl/N-ethyl adjacent to an activating group) is 1. The molecule has 104 valence electrons. The Morgan fingerprint density at radius 3 is 2.44 bits per heavy atom. The minimum absolute atomic E-state index is 0.562. The third-order valence-corrected chi connectivity index (χ3v) is 4.56. The molecule has 0 bridgehead atoms. The fourth-order valence-electron chi connectivity index (χ4n) is 1.86. The van der Waals surface area contributed by atoms with Gasteiger partial charge in [0.05, 0.1) is 11.0 Å². The van der Waals surface area contributed by atoms with E-state index in [1.165, 1.54) is 6.42 Å². The van der Waals surface area contributed by atoms with Gasteiger partial charge in [-0.3, -0.25) is 0 Å². The highest BCUT2D eigenvalue weighted by atomic mass is 79.9. The van der Waals surface area contributed by atoms with Crippen LogP contribution in [0.5, 0.6) is 0 Å². The molecule has 0 aliphatic heterocycles. The topological polar surface area (TPSA) is 28.4 Å². The zero-order valence-corrected chi connectivity index (χ0v) is 14.6. The largest absolute Gasteiger partial charge is 0.452 e. The molecule has 0 aliphatic rings. The Morgan fingerprint density at radius 2 is 2.00 bits per heavy atom. The van der Waals surface area contributed by atoms with E-state index >= 15 is 0 Å². The summed E-state index contributed by atoms with van der Waals surface area (Å²) in [6.45, 7) is 6.25. The van der Waals surface area contributed by atoms with Crippen molar-refractivity contribution in [1.82, 2.24) is 10.2 Å². The lowest BCUT2D eigenvalue weighted by Gasteiger charge is -2.26. The molecule has 0 radical (unpaired) electrons. The van der Waals surface area contributed by atoms with Crippen molar-refractivity contribution in [2.24, 2.45) is 5.92 Å². The van der Waals surface area contributed by atoms with Crippen molar-refractivity contribution in [3.05, 3.63) is 21.0 Å². The average Bonchev–Trinajstić information content (AvgIpc) is 2.56. The SMILES string of the molecule is CC(C)CC(CNCc1cc(Br)c(Br)o1)N(C)C. The van der Waals surface area contributed by atoms with E-state index in [9.17, 15) is 0 Å². The summed E-state index contributed by atoms with van der Waals surface area (Å²) in [7, 11) is 4.27. The van der Waals surface area contributed by atoms with Crippen LogP contribution < -0.4 is 5.32 Å². The highest BCUT2D eigenvalue weighted by Gasteiger charge is 2.13. The molecule has 18 heavy (non-hydrogen) atoms. The van der Waals surface area contributed by atoms with Gasteiger partial charge in [0.2, 0.25) is 0 Å². The average molecular weight is 382 g/mol. The van der Waals surface area contributed by atoms with Gasteiger partial charge in [-0.15, -0.1) is 0 Å². The molecule has 0 amide bonds. The van der Waals surface area contributed by atoms with Crippen LogP contribution in [-0.2, 0) is 6.54 Å². The fourth-order valence-corrected chi connectivity index (χ4v) is 2.52. The minimum Gasteiger partial charge on any atom is -0.452 e.